The van der Waals surface area contributed by atoms with Crippen LogP contribution in [0.15, 0.2) is 29.2 Å². The average molecular weight is 271 g/mol. The number of amides is 1. The van der Waals surface area contributed by atoms with Crippen LogP contribution >= 0.6 is 0 Å². The molecule has 1 aromatic rings. The number of carbonyl (C=O) groups is 1. The van der Waals surface area contributed by atoms with Gasteiger partial charge in [-0.2, -0.15) is 0 Å². The third kappa shape index (κ3) is 4.10. The van der Waals surface area contributed by atoms with E-state index in [9.17, 15) is 13.2 Å². The van der Waals surface area contributed by atoms with E-state index >= 15 is 0 Å². The highest BCUT2D eigenvalue weighted by Crippen LogP contribution is 2.13. The van der Waals surface area contributed by atoms with Crippen molar-refractivity contribution in [3.63, 3.8) is 0 Å². The zero-order valence-corrected chi connectivity index (χ0v) is 10.9. The monoisotopic (exact) mass is 271 g/mol. The molecule has 0 aliphatic carbocycles. The van der Waals surface area contributed by atoms with Crippen molar-refractivity contribution in [3.8, 4) is 0 Å². The Balaban J connectivity index is 2.73. The number of hydrogen-bond donors (Lipinski definition) is 3. The first-order valence-corrected chi connectivity index (χ1v) is 7.08. The third-order valence-electron chi connectivity index (χ3n) is 2.39. The molecule has 0 unspecified atom stereocenters. The molecule has 5 N–H and O–H groups in total. The van der Waals surface area contributed by atoms with Crippen molar-refractivity contribution in [2.24, 2.45) is 10.9 Å². The van der Waals surface area contributed by atoms with Gasteiger partial charge in [0.2, 0.25) is 15.9 Å². The minimum atomic E-state index is -3.71. The minimum Gasteiger partial charge on any atom is -0.325 e. The summed E-state index contributed by atoms with van der Waals surface area (Å²) in [5.74, 6) is -0.291. The van der Waals surface area contributed by atoms with E-state index in [1.165, 1.54) is 24.3 Å². The first kappa shape index (κ1) is 14.6. The molecule has 0 saturated heterocycles. The van der Waals surface area contributed by atoms with Crippen LogP contribution in [-0.2, 0) is 14.8 Å². The Hall–Kier alpha value is -1.44. The van der Waals surface area contributed by atoms with Crippen LogP contribution in [0.25, 0.3) is 0 Å². The quantitative estimate of drug-likeness (QED) is 0.718. The summed E-state index contributed by atoms with van der Waals surface area (Å²) >= 11 is 0. The molecule has 0 saturated carbocycles. The van der Waals surface area contributed by atoms with Crippen LogP contribution in [0, 0.1) is 0 Å². The highest BCUT2D eigenvalue weighted by atomic mass is 32.2. The molecule has 0 aliphatic rings. The van der Waals surface area contributed by atoms with E-state index in [0.717, 1.165) is 6.42 Å². The maximum absolute atomic E-state index is 11.6. The summed E-state index contributed by atoms with van der Waals surface area (Å²) in [5, 5.41) is 7.57. The molecule has 0 spiro atoms. The van der Waals surface area contributed by atoms with Gasteiger partial charge in [0.15, 0.2) is 0 Å². The summed E-state index contributed by atoms with van der Waals surface area (Å²) in [5.41, 5.74) is 6.13. The standard InChI is InChI=1S/C11H17N3O3S/c1-2-3-10(12)11(15)14-8-4-6-9(7-5-8)18(13,16)17/h4-7,10H,2-3,12H2,1H3,(H,14,15)(H2,13,16,17)/t10-/m0/s1. The van der Waals surface area contributed by atoms with E-state index in [0.29, 0.717) is 12.1 Å². The molecule has 1 amide bonds. The molecule has 0 aromatic heterocycles. The Morgan fingerprint density at radius 1 is 1.33 bits per heavy atom. The fourth-order valence-electron chi connectivity index (χ4n) is 1.41. The molecule has 0 fully saturated rings. The number of anilines is 1. The van der Waals surface area contributed by atoms with Gasteiger partial charge in [-0.25, -0.2) is 13.6 Å². The molecule has 6 nitrogen and oxygen atoms in total. The van der Waals surface area contributed by atoms with Crippen LogP contribution in [0.2, 0.25) is 0 Å². The number of sulfonamides is 1. The second-order valence-corrected chi connectivity index (χ2v) is 5.52. The fraction of sp³-hybridized carbons (Fsp3) is 0.364. The number of nitrogens with two attached hydrogens (primary N) is 2. The van der Waals surface area contributed by atoms with Crippen molar-refractivity contribution >= 4 is 21.6 Å². The Morgan fingerprint density at radius 3 is 2.33 bits per heavy atom. The maximum Gasteiger partial charge on any atom is 0.241 e. The third-order valence-corrected chi connectivity index (χ3v) is 3.32. The molecule has 1 rings (SSSR count). The first-order valence-electron chi connectivity index (χ1n) is 5.54. The molecule has 1 aromatic carbocycles. The average Bonchev–Trinajstić information content (AvgIpc) is 2.28. The molecule has 0 bridgehead atoms. The molecule has 0 aliphatic heterocycles. The van der Waals surface area contributed by atoms with Crippen molar-refractivity contribution in [2.75, 3.05) is 5.32 Å². The fourth-order valence-corrected chi connectivity index (χ4v) is 1.92. The predicted octanol–water partition coefficient (Wildman–Crippen LogP) is 0.400. The summed E-state index contributed by atoms with van der Waals surface area (Å²) in [6, 6.07) is 5.03. The van der Waals surface area contributed by atoms with Gasteiger partial charge in [0.1, 0.15) is 0 Å². The van der Waals surface area contributed by atoms with Gasteiger partial charge in [-0.1, -0.05) is 13.3 Å². The van der Waals surface area contributed by atoms with E-state index in [1.807, 2.05) is 6.92 Å². The lowest BCUT2D eigenvalue weighted by atomic mass is 10.1. The van der Waals surface area contributed by atoms with Crippen molar-refractivity contribution in [2.45, 2.75) is 30.7 Å². The normalized spacial score (nSPS) is 13.1. The SMILES string of the molecule is CCC[C@H](N)C(=O)Nc1ccc(S(N)(=O)=O)cc1. The second-order valence-electron chi connectivity index (χ2n) is 3.95. The Kier molecular flexibility index (Phi) is 4.83. The van der Waals surface area contributed by atoms with E-state index in [1.54, 1.807) is 0 Å². The molecule has 0 radical (unpaired) electrons. The second kappa shape index (κ2) is 5.94. The van der Waals surface area contributed by atoms with Crippen molar-refractivity contribution in [1.82, 2.24) is 0 Å². The number of nitrogens with one attached hydrogen (secondary N) is 1. The van der Waals surface area contributed by atoms with E-state index < -0.39 is 16.1 Å². The van der Waals surface area contributed by atoms with E-state index in [2.05, 4.69) is 5.32 Å². The topological polar surface area (TPSA) is 115 Å². The van der Waals surface area contributed by atoms with Crippen LogP contribution in [0.3, 0.4) is 0 Å². The minimum absolute atomic E-state index is 0.00152. The number of primary sulfonamides is 1. The molecular formula is C11H17N3O3S. The molecule has 18 heavy (non-hydrogen) atoms. The molecule has 1 atom stereocenters. The summed E-state index contributed by atoms with van der Waals surface area (Å²) in [7, 11) is -3.71. The lowest BCUT2D eigenvalue weighted by Crippen LogP contribution is -2.35. The van der Waals surface area contributed by atoms with Crippen LogP contribution < -0.4 is 16.2 Å². The molecule has 7 heteroatoms. The highest BCUT2D eigenvalue weighted by molar-refractivity contribution is 7.89. The molecule has 100 valence electrons. The Labute approximate surface area is 106 Å². The number of hydrogen-bond acceptors (Lipinski definition) is 4. The Morgan fingerprint density at radius 2 is 1.89 bits per heavy atom. The van der Waals surface area contributed by atoms with Crippen LogP contribution in [0.1, 0.15) is 19.8 Å². The van der Waals surface area contributed by atoms with Gasteiger partial charge in [0.05, 0.1) is 10.9 Å². The lowest BCUT2D eigenvalue weighted by molar-refractivity contribution is -0.117. The van der Waals surface area contributed by atoms with Crippen LogP contribution in [-0.4, -0.2) is 20.4 Å². The van der Waals surface area contributed by atoms with Crippen molar-refractivity contribution in [1.29, 1.82) is 0 Å². The molecular weight excluding hydrogens is 254 g/mol. The van der Waals surface area contributed by atoms with Crippen molar-refractivity contribution < 1.29 is 13.2 Å². The summed E-state index contributed by atoms with van der Waals surface area (Å²) in [6.45, 7) is 1.94. The smallest absolute Gasteiger partial charge is 0.241 e. The maximum atomic E-state index is 11.6. The van der Waals surface area contributed by atoms with Gasteiger partial charge in [0, 0.05) is 5.69 Å². The lowest BCUT2D eigenvalue weighted by Gasteiger charge is -2.11. The van der Waals surface area contributed by atoms with Gasteiger partial charge in [-0.05, 0) is 30.7 Å². The first-order chi connectivity index (χ1) is 8.34. The van der Waals surface area contributed by atoms with Crippen LogP contribution in [0.5, 0.6) is 0 Å². The summed E-state index contributed by atoms with van der Waals surface area (Å²) in [6.07, 6.45) is 1.42. The zero-order valence-electron chi connectivity index (χ0n) is 10.1. The van der Waals surface area contributed by atoms with Crippen molar-refractivity contribution in [3.05, 3.63) is 24.3 Å². The zero-order chi connectivity index (χ0) is 13.8. The molecule has 0 heterocycles. The Bertz CT molecular complexity index is 511. The van der Waals surface area contributed by atoms with Gasteiger partial charge in [0.25, 0.3) is 0 Å². The van der Waals surface area contributed by atoms with Gasteiger partial charge in [-0.3, -0.25) is 4.79 Å². The highest BCUT2D eigenvalue weighted by Gasteiger charge is 2.13. The number of carbonyl (C=O) groups excluding carboxylic acids is 1. The largest absolute Gasteiger partial charge is 0.325 e. The summed E-state index contributed by atoms with van der Waals surface area (Å²) in [4.78, 5) is 11.6. The van der Waals surface area contributed by atoms with Gasteiger partial charge >= 0.3 is 0 Å². The van der Waals surface area contributed by atoms with E-state index in [4.69, 9.17) is 10.9 Å². The predicted molar refractivity (Wildman–Crippen MR) is 69.3 cm³/mol. The number of rotatable bonds is 5. The van der Waals surface area contributed by atoms with Crippen LogP contribution in [0.4, 0.5) is 5.69 Å². The van der Waals surface area contributed by atoms with E-state index in [-0.39, 0.29) is 10.8 Å². The van der Waals surface area contributed by atoms with Gasteiger partial charge in [-0.15, -0.1) is 0 Å². The number of benzene rings is 1. The van der Waals surface area contributed by atoms with Gasteiger partial charge < -0.3 is 11.1 Å². The summed E-state index contributed by atoms with van der Waals surface area (Å²) < 4.78 is 22.1.